The number of benzene rings is 2. The van der Waals surface area contributed by atoms with Crippen LogP contribution in [0, 0.1) is 5.82 Å². The monoisotopic (exact) mass is 393 g/mol. The molecule has 0 saturated carbocycles. The van der Waals surface area contributed by atoms with Crippen molar-refractivity contribution in [2.45, 2.75) is 0 Å². The maximum absolute atomic E-state index is 13.7. The summed E-state index contributed by atoms with van der Waals surface area (Å²) in [5.41, 5.74) is 3.16. The van der Waals surface area contributed by atoms with Gasteiger partial charge in [0.1, 0.15) is 5.82 Å². The molecule has 3 aromatic rings. The Balaban J connectivity index is 1.69. The number of nitrogens with one attached hydrogen (secondary N) is 1. The number of carbonyl (C=O) groups is 2. The molecule has 1 amide bonds. The molecule has 0 saturated heterocycles. The van der Waals surface area contributed by atoms with E-state index >= 15 is 0 Å². The fraction of sp³-hybridized carbons (Fsp3) is 0.0476. The number of rotatable bonds is 6. The number of hydrogen-bond donors (Lipinski definition) is 1. The number of methoxy groups -OCH3 is 1. The van der Waals surface area contributed by atoms with Crippen molar-refractivity contribution in [2.75, 3.05) is 7.11 Å². The van der Waals surface area contributed by atoms with E-state index in [4.69, 9.17) is 9.47 Å². The highest BCUT2D eigenvalue weighted by Crippen LogP contribution is 2.28. The van der Waals surface area contributed by atoms with E-state index in [1.807, 2.05) is 0 Å². The van der Waals surface area contributed by atoms with Gasteiger partial charge in [-0.15, -0.1) is 0 Å². The van der Waals surface area contributed by atoms with Crippen LogP contribution < -0.4 is 14.9 Å². The summed E-state index contributed by atoms with van der Waals surface area (Å²) < 4.78 is 24.2. The summed E-state index contributed by atoms with van der Waals surface area (Å²) in [5.74, 6) is -1.55. The lowest BCUT2D eigenvalue weighted by molar-refractivity contribution is 0.0724. The third-order valence-corrected chi connectivity index (χ3v) is 3.79. The number of amides is 1. The van der Waals surface area contributed by atoms with Crippen molar-refractivity contribution < 1.29 is 23.5 Å². The van der Waals surface area contributed by atoms with E-state index in [1.54, 1.807) is 30.5 Å². The third kappa shape index (κ3) is 5.01. The van der Waals surface area contributed by atoms with Crippen LogP contribution in [0.4, 0.5) is 4.39 Å². The maximum atomic E-state index is 13.7. The average molecular weight is 393 g/mol. The first kappa shape index (κ1) is 19.7. The van der Waals surface area contributed by atoms with Crippen molar-refractivity contribution in [1.29, 1.82) is 0 Å². The van der Waals surface area contributed by atoms with E-state index in [0.29, 0.717) is 11.1 Å². The second-order valence-electron chi connectivity index (χ2n) is 5.72. The topological polar surface area (TPSA) is 89.9 Å². The van der Waals surface area contributed by atoms with Crippen LogP contribution in [0.25, 0.3) is 0 Å². The zero-order valence-electron chi connectivity index (χ0n) is 15.3. The summed E-state index contributed by atoms with van der Waals surface area (Å²) in [6, 6.07) is 13.4. The normalized spacial score (nSPS) is 10.6. The third-order valence-electron chi connectivity index (χ3n) is 3.79. The number of nitrogens with zero attached hydrogens (tertiary/aromatic N) is 2. The molecule has 0 bridgehead atoms. The molecule has 3 rings (SSSR count). The summed E-state index contributed by atoms with van der Waals surface area (Å²) in [7, 11) is 1.40. The van der Waals surface area contributed by atoms with Crippen LogP contribution in [0.3, 0.4) is 0 Å². The van der Waals surface area contributed by atoms with Crippen molar-refractivity contribution in [2.24, 2.45) is 5.10 Å². The van der Waals surface area contributed by atoms with Gasteiger partial charge in [-0.25, -0.2) is 14.6 Å². The van der Waals surface area contributed by atoms with Crippen molar-refractivity contribution in [3.63, 3.8) is 0 Å². The Bertz CT molecular complexity index is 1050. The first-order valence-corrected chi connectivity index (χ1v) is 8.46. The molecule has 0 aliphatic heterocycles. The van der Waals surface area contributed by atoms with E-state index in [2.05, 4.69) is 15.5 Å². The van der Waals surface area contributed by atoms with Crippen molar-refractivity contribution in [3.05, 3.63) is 89.5 Å². The van der Waals surface area contributed by atoms with Crippen LogP contribution in [-0.4, -0.2) is 30.2 Å². The van der Waals surface area contributed by atoms with Gasteiger partial charge in [0.05, 0.1) is 24.5 Å². The Kier molecular flexibility index (Phi) is 6.26. The summed E-state index contributed by atoms with van der Waals surface area (Å²) in [5, 5.41) is 3.88. The lowest BCUT2D eigenvalue weighted by Gasteiger charge is -2.10. The predicted molar refractivity (Wildman–Crippen MR) is 104 cm³/mol. The number of halogens is 1. The second-order valence-corrected chi connectivity index (χ2v) is 5.72. The molecular weight excluding hydrogens is 377 g/mol. The van der Waals surface area contributed by atoms with E-state index in [9.17, 15) is 14.0 Å². The second kappa shape index (κ2) is 9.23. The molecule has 0 aliphatic carbocycles. The predicted octanol–water partition coefficient (Wildman–Crippen LogP) is 3.21. The van der Waals surface area contributed by atoms with Crippen LogP contribution in [-0.2, 0) is 0 Å². The molecule has 0 unspecified atom stereocenters. The number of ether oxygens (including phenoxy) is 2. The first-order chi connectivity index (χ1) is 14.1. The van der Waals surface area contributed by atoms with Crippen molar-refractivity contribution in [3.8, 4) is 11.5 Å². The van der Waals surface area contributed by atoms with Crippen LogP contribution in [0.5, 0.6) is 11.5 Å². The number of hydrogen-bond acceptors (Lipinski definition) is 6. The van der Waals surface area contributed by atoms with Crippen molar-refractivity contribution in [1.82, 2.24) is 10.4 Å². The number of pyridine rings is 1. The Morgan fingerprint density at radius 2 is 1.93 bits per heavy atom. The van der Waals surface area contributed by atoms with E-state index in [-0.39, 0.29) is 17.1 Å². The van der Waals surface area contributed by atoms with Gasteiger partial charge < -0.3 is 9.47 Å². The lowest BCUT2D eigenvalue weighted by atomic mass is 10.2. The van der Waals surface area contributed by atoms with Gasteiger partial charge in [0.15, 0.2) is 11.5 Å². The Morgan fingerprint density at radius 1 is 1.10 bits per heavy atom. The fourth-order valence-corrected chi connectivity index (χ4v) is 2.36. The van der Waals surface area contributed by atoms with Gasteiger partial charge >= 0.3 is 5.97 Å². The van der Waals surface area contributed by atoms with Gasteiger partial charge in [-0.1, -0.05) is 12.1 Å². The summed E-state index contributed by atoms with van der Waals surface area (Å²) >= 11 is 0. The number of esters is 1. The zero-order valence-corrected chi connectivity index (χ0v) is 15.3. The van der Waals surface area contributed by atoms with Gasteiger partial charge in [0.25, 0.3) is 5.91 Å². The standard InChI is InChI=1S/C21H16FN3O4/c1-28-19-11-14(12-24-25-20(26)15-5-4-10-23-13-15)8-9-18(19)29-21(27)16-6-2-3-7-17(16)22/h2-13H,1H3,(H,25,26). The van der Waals surface area contributed by atoms with Gasteiger partial charge in [0.2, 0.25) is 0 Å². The van der Waals surface area contributed by atoms with Crippen LogP contribution in [0.2, 0.25) is 0 Å². The molecule has 0 fully saturated rings. The van der Waals surface area contributed by atoms with Gasteiger partial charge in [0, 0.05) is 12.4 Å². The summed E-state index contributed by atoms with van der Waals surface area (Å²) in [6.07, 6.45) is 4.39. The molecular formula is C21H16FN3O4. The minimum atomic E-state index is -0.841. The van der Waals surface area contributed by atoms with Gasteiger partial charge in [-0.05, 0) is 48.0 Å². The minimum absolute atomic E-state index is 0.122. The minimum Gasteiger partial charge on any atom is -0.493 e. The molecule has 29 heavy (non-hydrogen) atoms. The molecule has 0 spiro atoms. The molecule has 7 nitrogen and oxygen atoms in total. The molecule has 2 aromatic carbocycles. The van der Waals surface area contributed by atoms with Crippen molar-refractivity contribution >= 4 is 18.1 Å². The Labute approximate surface area is 165 Å². The smallest absolute Gasteiger partial charge is 0.346 e. The summed E-state index contributed by atoms with van der Waals surface area (Å²) in [4.78, 5) is 28.0. The molecule has 0 atom stereocenters. The highest BCUT2D eigenvalue weighted by atomic mass is 19.1. The Morgan fingerprint density at radius 3 is 2.66 bits per heavy atom. The molecule has 1 heterocycles. The molecule has 8 heteroatoms. The highest BCUT2D eigenvalue weighted by Gasteiger charge is 2.16. The van der Waals surface area contributed by atoms with Crippen LogP contribution >= 0.6 is 0 Å². The Hall–Kier alpha value is -4.07. The van der Waals surface area contributed by atoms with E-state index in [1.165, 1.54) is 49.9 Å². The zero-order chi connectivity index (χ0) is 20.6. The number of aromatic nitrogens is 1. The molecule has 1 N–H and O–H groups in total. The number of carbonyl (C=O) groups excluding carboxylic acids is 2. The van der Waals surface area contributed by atoms with Gasteiger partial charge in [-0.3, -0.25) is 9.78 Å². The van der Waals surface area contributed by atoms with E-state index in [0.717, 1.165) is 0 Å². The first-order valence-electron chi connectivity index (χ1n) is 8.46. The largest absolute Gasteiger partial charge is 0.493 e. The average Bonchev–Trinajstić information content (AvgIpc) is 2.75. The lowest BCUT2D eigenvalue weighted by Crippen LogP contribution is -2.17. The fourth-order valence-electron chi connectivity index (χ4n) is 2.36. The molecule has 1 aromatic heterocycles. The van der Waals surface area contributed by atoms with Crippen LogP contribution in [0.1, 0.15) is 26.3 Å². The quantitative estimate of drug-likeness (QED) is 0.301. The SMILES string of the molecule is COc1cc(C=NNC(=O)c2cccnc2)ccc1OC(=O)c1ccccc1F. The van der Waals surface area contributed by atoms with Crippen LogP contribution in [0.15, 0.2) is 72.1 Å². The van der Waals surface area contributed by atoms with E-state index < -0.39 is 17.7 Å². The number of hydrazone groups is 1. The molecule has 146 valence electrons. The molecule has 0 radical (unpaired) electrons. The highest BCUT2D eigenvalue weighted by molar-refractivity contribution is 5.94. The van der Waals surface area contributed by atoms with Gasteiger partial charge in [-0.2, -0.15) is 5.10 Å². The molecule has 0 aliphatic rings. The maximum Gasteiger partial charge on any atom is 0.346 e. The summed E-state index contributed by atoms with van der Waals surface area (Å²) in [6.45, 7) is 0.